The second-order valence-electron chi connectivity index (χ2n) is 6.93. The average molecular weight is 298 g/mol. The Labute approximate surface area is 133 Å². The molecule has 0 aromatic heterocycles. The summed E-state index contributed by atoms with van der Waals surface area (Å²) in [5.74, 6) is 0.927. The van der Waals surface area contributed by atoms with E-state index in [0.717, 1.165) is 12.0 Å². The van der Waals surface area contributed by atoms with Crippen LogP contribution in [0.15, 0.2) is 0 Å². The Morgan fingerprint density at radius 3 is 2.05 bits per heavy atom. The van der Waals surface area contributed by atoms with E-state index in [1.807, 2.05) is 13.8 Å². The monoisotopic (exact) mass is 297 g/mol. The van der Waals surface area contributed by atoms with Gasteiger partial charge in [-0.15, -0.1) is 0 Å². The van der Waals surface area contributed by atoms with Crippen molar-refractivity contribution in [2.75, 3.05) is 53.9 Å². The fourth-order valence-electron chi connectivity index (χ4n) is 3.71. The molecule has 2 aliphatic heterocycles. The zero-order valence-electron chi connectivity index (χ0n) is 15.3. The summed E-state index contributed by atoms with van der Waals surface area (Å²) in [5, 5.41) is 0. The van der Waals surface area contributed by atoms with Gasteiger partial charge in [0.2, 0.25) is 0 Å². The highest BCUT2D eigenvalue weighted by molar-refractivity contribution is 4.78. The van der Waals surface area contributed by atoms with Gasteiger partial charge in [-0.05, 0) is 91.8 Å². The van der Waals surface area contributed by atoms with E-state index in [1.54, 1.807) is 0 Å². The fraction of sp³-hybridized carbons (Fsp3) is 1.00. The summed E-state index contributed by atoms with van der Waals surface area (Å²) < 4.78 is 0. The Morgan fingerprint density at radius 2 is 1.38 bits per heavy atom. The minimum atomic E-state index is 0.825. The minimum absolute atomic E-state index is 0.825. The van der Waals surface area contributed by atoms with Crippen LogP contribution in [0.3, 0.4) is 0 Å². The first-order valence-corrected chi connectivity index (χ1v) is 9.22. The molecule has 0 aliphatic carbocycles. The molecule has 0 radical (unpaired) electrons. The van der Waals surface area contributed by atoms with E-state index in [-0.39, 0.29) is 0 Å². The van der Waals surface area contributed by atoms with Gasteiger partial charge < -0.3 is 14.7 Å². The lowest BCUT2D eigenvalue weighted by atomic mass is 9.98. The van der Waals surface area contributed by atoms with Crippen molar-refractivity contribution in [3.05, 3.63) is 0 Å². The van der Waals surface area contributed by atoms with Crippen LogP contribution in [0.1, 0.15) is 52.4 Å². The molecule has 2 fully saturated rings. The van der Waals surface area contributed by atoms with Gasteiger partial charge in [0.05, 0.1) is 0 Å². The first-order chi connectivity index (χ1) is 10.1. The number of rotatable bonds is 3. The quantitative estimate of drug-likeness (QED) is 0.792. The third-order valence-electron chi connectivity index (χ3n) is 5.16. The molecule has 0 aromatic carbocycles. The van der Waals surface area contributed by atoms with Gasteiger partial charge in [0.15, 0.2) is 0 Å². The molecule has 0 bridgehead atoms. The van der Waals surface area contributed by atoms with Crippen molar-refractivity contribution in [1.29, 1.82) is 0 Å². The van der Waals surface area contributed by atoms with Gasteiger partial charge in [-0.1, -0.05) is 13.8 Å². The highest BCUT2D eigenvalue weighted by atomic mass is 15.2. The van der Waals surface area contributed by atoms with Gasteiger partial charge in [0.25, 0.3) is 0 Å². The van der Waals surface area contributed by atoms with E-state index in [9.17, 15) is 0 Å². The molecule has 0 amide bonds. The third-order valence-corrected chi connectivity index (χ3v) is 5.16. The molecule has 3 heteroatoms. The van der Waals surface area contributed by atoms with Crippen LogP contribution < -0.4 is 0 Å². The molecule has 2 atom stereocenters. The van der Waals surface area contributed by atoms with Crippen molar-refractivity contribution in [2.45, 2.75) is 58.4 Å². The highest BCUT2D eigenvalue weighted by Crippen LogP contribution is 2.21. The number of likely N-dealkylation sites (tertiary alicyclic amines) is 2. The van der Waals surface area contributed by atoms with Gasteiger partial charge >= 0.3 is 0 Å². The topological polar surface area (TPSA) is 9.72 Å². The minimum Gasteiger partial charge on any atom is -0.306 e. The molecular weight excluding hydrogens is 258 g/mol. The molecule has 0 saturated carbocycles. The predicted octanol–water partition coefficient (Wildman–Crippen LogP) is 3.16. The Morgan fingerprint density at radius 1 is 0.810 bits per heavy atom. The summed E-state index contributed by atoms with van der Waals surface area (Å²) >= 11 is 0. The lowest BCUT2D eigenvalue weighted by Gasteiger charge is -2.30. The number of hydrogen-bond acceptors (Lipinski definition) is 3. The molecule has 0 aromatic rings. The van der Waals surface area contributed by atoms with Gasteiger partial charge in [-0.3, -0.25) is 0 Å². The zero-order chi connectivity index (χ0) is 15.7. The molecule has 0 spiro atoms. The van der Waals surface area contributed by atoms with Crippen LogP contribution >= 0.6 is 0 Å². The molecule has 126 valence electrons. The first-order valence-electron chi connectivity index (χ1n) is 9.22. The van der Waals surface area contributed by atoms with E-state index in [0.29, 0.717) is 0 Å². The van der Waals surface area contributed by atoms with E-state index < -0.39 is 0 Å². The van der Waals surface area contributed by atoms with E-state index >= 15 is 0 Å². The lowest BCUT2D eigenvalue weighted by molar-refractivity contribution is 0.180. The summed E-state index contributed by atoms with van der Waals surface area (Å²) in [5.41, 5.74) is 0. The summed E-state index contributed by atoms with van der Waals surface area (Å²) in [4.78, 5) is 7.67. The number of hydrogen-bond donors (Lipinski definition) is 0. The summed E-state index contributed by atoms with van der Waals surface area (Å²) in [6.45, 7) is 10.5. The van der Waals surface area contributed by atoms with Crippen molar-refractivity contribution >= 4 is 0 Å². The van der Waals surface area contributed by atoms with Crippen molar-refractivity contribution in [1.82, 2.24) is 14.7 Å². The number of nitrogens with zero attached hydrogens (tertiary/aromatic N) is 3. The van der Waals surface area contributed by atoms with E-state index in [4.69, 9.17) is 0 Å². The largest absolute Gasteiger partial charge is 0.306 e. The molecule has 0 N–H and O–H groups in total. The molecule has 2 rings (SSSR count). The molecule has 2 unspecified atom stereocenters. The summed E-state index contributed by atoms with van der Waals surface area (Å²) in [6.07, 6.45) is 8.35. The Balaban J connectivity index is 0.00000106. The second kappa shape index (κ2) is 10.6. The molecule has 2 aliphatic rings. The molecular formula is C18H39N3. The Bertz CT molecular complexity index is 257. The maximum Gasteiger partial charge on any atom is 0.0105 e. The van der Waals surface area contributed by atoms with E-state index in [2.05, 4.69) is 35.8 Å². The van der Waals surface area contributed by atoms with Crippen LogP contribution in [0.2, 0.25) is 0 Å². The molecule has 3 nitrogen and oxygen atoms in total. The van der Waals surface area contributed by atoms with Crippen LogP contribution in [0.25, 0.3) is 0 Å². The molecule has 2 saturated heterocycles. The second-order valence-corrected chi connectivity index (χ2v) is 6.93. The predicted molar refractivity (Wildman–Crippen MR) is 94.0 cm³/mol. The van der Waals surface area contributed by atoms with Crippen molar-refractivity contribution in [2.24, 2.45) is 5.92 Å². The van der Waals surface area contributed by atoms with Crippen LogP contribution in [0, 0.1) is 5.92 Å². The van der Waals surface area contributed by atoms with Gasteiger partial charge in [-0.2, -0.15) is 0 Å². The summed E-state index contributed by atoms with van der Waals surface area (Å²) in [7, 11) is 6.90. The van der Waals surface area contributed by atoms with Crippen LogP contribution in [-0.2, 0) is 0 Å². The normalized spacial score (nSPS) is 29.4. The maximum absolute atomic E-state index is 2.68. The molecule has 21 heavy (non-hydrogen) atoms. The zero-order valence-corrected chi connectivity index (χ0v) is 15.3. The summed E-state index contributed by atoms with van der Waals surface area (Å²) in [6, 6.07) is 0.825. The van der Waals surface area contributed by atoms with Gasteiger partial charge in [0.1, 0.15) is 0 Å². The third kappa shape index (κ3) is 7.12. The Kier molecular flexibility index (Phi) is 9.54. The fourth-order valence-corrected chi connectivity index (χ4v) is 3.71. The van der Waals surface area contributed by atoms with Gasteiger partial charge in [-0.25, -0.2) is 0 Å². The Hall–Kier alpha value is -0.120. The van der Waals surface area contributed by atoms with Gasteiger partial charge in [0, 0.05) is 12.6 Å². The average Bonchev–Trinajstić information content (AvgIpc) is 2.82. The van der Waals surface area contributed by atoms with Crippen molar-refractivity contribution < 1.29 is 0 Å². The first kappa shape index (κ1) is 18.9. The maximum atomic E-state index is 2.68. The lowest BCUT2D eigenvalue weighted by Crippen LogP contribution is -2.36. The van der Waals surface area contributed by atoms with E-state index in [1.165, 1.54) is 71.2 Å². The molecule has 2 heterocycles. The smallest absolute Gasteiger partial charge is 0.0105 e. The van der Waals surface area contributed by atoms with Crippen LogP contribution in [0.4, 0.5) is 0 Å². The standard InChI is InChI=1S/C16H33N3.C2H6/c1-17-10-4-6-15(8-12-17)14-19(3)16-7-5-11-18(2)13-9-16;1-2/h15-16H,4-14H2,1-3H3;1-2H3. The van der Waals surface area contributed by atoms with Crippen LogP contribution in [0.5, 0.6) is 0 Å². The van der Waals surface area contributed by atoms with Crippen molar-refractivity contribution in [3.8, 4) is 0 Å². The SMILES string of the molecule is CC.CN1CCCC(CN(C)C2CCCN(C)CC2)CC1. The van der Waals surface area contributed by atoms with Crippen molar-refractivity contribution in [3.63, 3.8) is 0 Å². The highest BCUT2D eigenvalue weighted by Gasteiger charge is 2.22. The van der Waals surface area contributed by atoms with Crippen LogP contribution in [-0.4, -0.2) is 74.6 Å².